The van der Waals surface area contributed by atoms with Crippen LogP contribution < -0.4 is 16.6 Å². The molecular formula is C8H14N4. The van der Waals surface area contributed by atoms with Crippen molar-refractivity contribution in [2.75, 3.05) is 10.7 Å². The smallest absolute Gasteiger partial charge is 0.166 e. The Labute approximate surface area is 72.2 Å². The summed E-state index contributed by atoms with van der Waals surface area (Å²) in [5.74, 6) is 6.36. The second kappa shape index (κ2) is 3.40. The Balaban J connectivity index is 2.94. The number of nitrogen functional groups attached to an aromatic ring is 1. The molecule has 1 aromatic rings. The number of hydrogen-bond donors (Lipinski definition) is 2. The van der Waals surface area contributed by atoms with Crippen LogP contribution >= 0.6 is 0 Å². The van der Waals surface area contributed by atoms with Crippen LogP contribution in [0.2, 0.25) is 0 Å². The SMILES string of the molecule is CC(C)N(N)c1ncccc1N. The van der Waals surface area contributed by atoms with Gasteiger partial charge in [0.1, 0.15) is 0 Å². The van der Waals surface area contributed by atoms with Crippen LogP contribution in [0.25, 0.3) is 0 Å². The minimum absolute atomic E-state index is 0.196. The van der Waals surface area contributed by atoms with Crippen LogP contribution in [-0.2, 0) is 0 Å². The van der Waals surface area contributed by atoms with Crippen molar-refractivity contribution < 1.29 is 0 Å². The first-order valence-corrected chi connectivity index (χ1v) is 3.87. The predicted octanol–water partition coefficient (Wildman–Crippen LogP) is 0.752. The molecule has 1 heterocycles. The van der Waals surface area contributed by atoms with Gasteiger partial charge < -0.3 is 5.73 Å². The van der Waals surface area contributed by atoms with Gasteiger partial charge in [-0.05, 0) is 26.0 Å². The molecule has 4 heteroatoms. The zero-order chi connectivity index (χ0) is 9.14. The number of rotatable bonds is 2. The first kappa shape index (κ1) is 8.80. The van der Waals surface area contributed by atoms with Crippen LogP contribution in [0.4, 0.5) is 11.5 Å². The number of hydrazine groups is 1. The molecule has 0 unspecified atom stereocenters. The van der Waals surface area contributed by atoms with Gasteiger partial charge in [0.05, 0.1) is 5.69 Å². The number of hydrogen-bond acceptors (Lipinski definition) is 4. The first-order chi connectivity index (χ1) is 5.63. The largest absolute Gasteiger partial charge is 0.396 e. The second-order valence-corrected chi connectivity index (χ2v) is 2.92. The molecule has 66 valence electrons. The van der Waals surface area contributed by atoms with Crippen LogP contribution in [0.15, 0.2) is 18.3 Å². The third-order valence-electron chi connectivity index (χ3n) is 1.62. The molecular weight excluding hydrogens is 152 g/mol. The summed E-state index contributed by atoms with van der Waals surface area (Å²) in [5.41, 5.74) is 6.28. The molecule has 0 fully saturated rings. The Kier molecular flexibility index (Phi) is 2.50. The molecule has 0 aromatic carbocycles. The second-order valence-electron chi connectivity index (χ2n) is 2.92. The maximum Gasteiger partial charge on any atom is 0.166 e. The van der Waals surface area contributed by atoms with Crippen molar-refractivity contribution >= 4 is 11.5 Å². The third kappa shape index (κ3) is 1.65. The molecule has 0 saturated heterocycles. The van der Waals surface area contributed by atoms with Crippen LogP contribution in [-0.4, -0.2) is 11.0 Å². The highest BCUT2D eigenvalue weighted by atomic mass is 15.4. The number of nitrogens with two attached hydrogens (primary N) is 2. The molecule has 12 heavy (non-hydrogen) atoms. The lowest BCUT2D eigenvalue weighted by atomic mass is 10.3. The van der Waals surface area contributed by atoms with Gasteiger partial charge in [0.15, 0.2) is 5.82 Å². The lowest BCUT2D eigenvalue weighted by Crippen LogP contribution is -2.38. The van der Waals surface area contributed by atoms with Gasteiger partial charge in [-0.15, -0.1) is 0 Å². The van der Waals surface area contributed by atoms with Crippen molar-refractivity contribution in [1.82, 2.24) is 4.98 Å². The quantitative estimate of drug-likeness (QED) is 0.502. The van der Waals surface area contributed by atoms with Gasteiger partial charge >= 0.3 is 0 Å². The van der Waals surface area contributed by atoms with Gasteiger partial charge in [-0.25, -0.2) is 10.8 Å². The minimum atomic E-state index is 0.196. The number of nitrogens with zero attached hydrogens (tertiary/aromatic N) is 2. The predicted molar refractivity (Wildman–Crippen MR) is 50.5 cm³/mol. The topological polar surface area (TPSA) is 68.2 Å². The highest BCUT2D eigenvalue weighted by Gasteiger charge is 2.08. The van der Waals surface area contributed by atoms with Crippen molar-refractivity contribution in [3.05, 3.63) is 18.3 Å². The summed E-state index contributed by atoms with van der Waals surface area (Å²) in [5, 5.41) is 1.55. The monoisotopic (exact) mass is 166 g/mol. The number of pyridine rings is 1. The fraction of sp³-hybridized carbons (Fsp3) is 0.375. The van der Waals surface area contributed by atoms with Gasteiger partial charge in [-0.3, -0.25) is 5.01 Å². The molecule has 0 radical (unpaired) electrons. The van der Waals surface area contributed by atoms with Crippen molar-refractivity contribution in [2.45, 2.75) is 19.9 Å². The molecule has 1 rings (SSSR count). The molecule has 1 aromatic heterocycles. The molecule has 0 aliphatic heterocycles. The van der Waals surface area contributed by atoms with Crippen LogP contribution in [0.1, 0.15) is 13.8 Å². The van der Waals surface area contributed by atoms with E-state index < -0.39 is 0 Å². The van der Waals surface area contributed by atoms with E-state index in [-0.39, 0.29) is 6.04 Å². The average Bonchev–Trinajstić information content (AvgIpc) is 2.04. The van der Waals surface area contributed by atoms with Crippen LogP contribution in [0.5, 0.6) is 0 Å². The number of anilines is 2. The standard InChI is InChI=1S/C8H14N4/c1-6(2)12(10)8-7(9)4-3-5-11-8/h3-6H,9-10H2,1-2H3. The Hall–Kier alpha value is -1.29. The van der Waals surface area contributed by atoms with Gasteiger partial charge in [0.2, 0.25) is 0 Å². The summed E-state index contributed by atoms with van der Waals surface area (Å²) < 4.78 is 0. The van der Waals surface area contributed by atoms with E-state index in [1.807, 2.05) is 13.8 Å². The Morgan fingerprint density at radius 3 is 2.67 bits per heavy atom. The highest BCUT2D eigenvalue weighted by molar-refractivity contribution is 5.61. The lowest BCUT2D eigenvalue weighted by Gasteiger charge is -2.22. The Morgan fingerprint density at radius 1 is 1.50 bits per heavy atom. The number of aromatic nitrogens is 1. The first-order valence-electron chi connectivity index (χ1n) is 3.87. The lowest BCUT2D eigenvalue weighted by molar-refractivity contribution is 0.702. The summed E-state index contributed by atoms with van der Waals surface area (Å²) in [6.45, 7) is 3.96. The molecule has 0 aliphatic carbocycles. The van der Waals surface area contributed by atoms with Crippen LogP contribution in [0, 0.1) is 0 Å². The Morgan fingerprint density at radius 2 is 2.17 bits per heavy atom. The van der Waals surface area contributed by atoms with E-state index in [1.165, 1.54) is 0 Å². The molecule has 0 bridgehead atoms. The van der Waals surface area contributed by atoms with E-state index in [0.29, 0.717) is 11.5 Å². The van der Waals surface area contributed by atoms with Crippen molar-refractivity contribution in [2.24, 2.45) is 5.84 Å². The van der Waals surface area contributed by atoms with E-state index in [9.17, 15) is 0 Å². The molecule has 0 saturated carbocycles. The Bertz CT molecular complexity index is 259. The summed E-state index contributed by atoms with van der Waals surface area (Å²) in [7, 11) is 0. The van der Waals surface area contributed by atoms with Gasteiger partial charge in [-0.2, -0.15) is 0 Å². The fourth-order valence-corrected chi connectivity index (χ4v) is 0.870. The zero-order valence-electron chi connectivity index (χ0n) is 7.36. The summed E-state index contributed by atoms with van der Waals surface area (Å²) in [4.78, 5) is 4.08. The summed E-state index contributed by atoms with van der Waals surface area (Å²) in [6.07, 6.45) is 1.67. The summed E-state index contributed by atoms with van der Waals surface area (Å²) >= 11 is 0. The minimum Gasteiger partial charge on any atom is -0.396 e. The maximum absolute atomic E-state index is 5.73. The van der Waals surface area contributed by atoms with E-state index in [2.05, 4.69) is 4.98 Å². The van der Waals surface area contributed by atoms with E-state index in [1.54, 1.807) is 23.3 Å². The van der Waals surface area contributed by atoms with Gasteiger partial charge in [-0.1, -0.05) is 0 Å². The molecule has 4 N–H and O–H groups in total. The van der Waals surface area contributed by atoms with Crippen molar-refractivity contribution in [1.29, 1.82) is 0 Å². The molecule has 0 atom stereocenters. The van der Waals surface area contributed by atoms with E-state index in [0.717, 1.165) is 0 Å². The fourth-order valence-electron chi connectivity index (χ4n) is 0.870. The van der Waals surface area contributed by atoms with Gasteiger partial charge in [0, 0.05) is 12.2 Å². The molecule has 0 amide bonds. The zero-order valence-corrected chi connectivity index (χ0v) is 7.36. The normalized spacial score (nSPS) is 10.3. The van der Waals surface area contributed by atoms with Crippen molar-refractivity contribution in [3.63, 3.8) is 0 Å². The summed E-state index contributed by atoms with van der Waals surface area (Å²) in [6, 6.07) is 3.76. The van der Waals surface area contributed by atoms with E-state index >= 15 is 0 Å². The van der Waals surface area contributed by atoms with Crippen LogP contribution in [0.3, 0.4) is 0 Å². The van der Waals surface area contributed by atoms with Crippen molar-refractivity contribution in [3.8, 4) is 0 Å². The molecule has 0 aliphatic rings. The van der Waals surface area contributed by atoms with E-state index in [4.69, 9.17) is 11.6 Å². The highest BCUT2D eigenvalue weighted by Crippen LogP contribution is 2.17. The molecule has 0 spiro atoms. The maximum atomic E-state index is 5.73. The third-order valence-corrected chi connectivity index (χ3v) is 1.62. The van der Waals surface area contributed by atoms with Gasteiger partial charge in [0.25, 0.3) is 0 Å². The molecule has 4 nitrogen and oxygen atoms in total. The average molecular weight is 166 g/mol.